The fourth-order valence-corrected chi connectivity index (χ4v) is 3.36. The van der Waals surface area contributed by atoms with Gasteiger partial charge in [0.15, 0.2) is 11.6 Å². The number of carbonyl (C=O) groups is 1. The first-order valence-corrected chi connectivity index (χ1v) is 8.21. The summed E-state index contributed by atoms with van der Waals surface area (Å²) in [6.45, 7) is 0. The predicted octanol–water partition coefficient (Wildman–Crippen LogP) is 4.79. The molecule has 1 unspecified atom stereocenters. The average Bonchev–Trinajstić information content (AvgIpc) is 2.58. The standard InChI is InChI=1S/C19H20F2O2/c20-17-7-6-14(11-18(17)21)15-8-9-23-16(10-15)12-19(22)13-4-2-1-3-5-13/h6-7,9,11,13,16H,1-5,10,12H2. The van der Waals surface area contributed by atoms with E-state index in [2.05, 4.69) is 5.73 Å². The SMILES string of the molecule is O=C(CC1CC(c2ccc(F)c(F)c2)=C=CO1)C1CCCCC1. The molecule has 0 saturated heterocycles. The van der Waals surface area contributed by atoms with Crippen molar-refractivity contribution in [1.29, 1.82) is 0 Å². The smallest absolute Gasteiger partial charge is 0.159 e. The van der Waals surface area contributed by atoms with E-state index < -0.39 is 11.6 Å². The highest BCUT2D eigenvalue weighted by Crippen LogP contribution is 2.30. The Morgan fingerprint density at radius 1 is 1.17 bits per heavy atom. The highest BCUT2D eigenvalue weighted by atomic mass is 19.2. The molecule has 1 aliphatic carbocycles. The van der Waals surface area contributed by atoms with Crippen LogP contribution in [-0.2, 0) is 9.53 Å². The summed E-state index contributed by atoms with van der Waals surface area (Å²) in [6.07, 6.45) is 7.48. The van der Waals surface area contributed by atoms with Gasteiger partial charge < -0.3 is 4.74 Å². The van der Waals surface area contributed by atoms with E-state index in [9.17, 15) is 13.6 Å². The quantitative estimate of drug-likeness (QED) is 0.746. The number of halogens is 2. The van der Waals surface area contributed by atoms with Crippen LogP contribution in [0.25, 0.3) is 5.57 Å². The Balaban J connectivity index is 1.63. The molecule has 0 amide bonds. The summed E-state index contributed by atoms with van der Waals surface area (Å²) in [7, 11) is 0. The third kappa shape index (κ3) is 3.89. The van der Waals surface area contributed by atoms with Crippen LogP contribution in [0.15, 0.2) is 30.2 Å². The van der Waals surface area contributed by atoms with E-state index in [1.807, 2.05) is 0 Å². The molecule has 0 radical (unpaired) electrons. The highest BCUT2D eigenvalue weighted by Gasteiger charge is 2.26. The maximum atomic E-state index is 13.4. The van der Waals surface area contributed by atoms with Gasteiger partial charge in [-0.05, 0) is 30.5 Å². The molecule has 0 N–H and O–H groups in total. The summed E-state index contributed by atoms with van der Waals surface area (Å²) in [5.41, 5.74) is 4.26. The van der Waals surface area contributed by atoms with Crippen molar-refractivity contribution in [1.82, 2.24) is 0 Å². The molecule has 0 spiro atoms. The van der Waals surface area contributed by atoms with E-state index in [1.54, 1.807) is 0 Å². The maximum absolute atomic E-state index is 13.4. The second-order valence-electron chi connectivity index (χ2n) is 6.34. The highest BCUT2D eigenvalue weighted by molar-refractivity contribution is 5.82. The van der Waals surface area contributed by atoms with Crippen molar-refractivity contribution in [3.63, 3.8) is 0 Å². The first-order valence-electron chi connectivity index (χ1n) is 8.21. The summed E-state index contributed by atoms with van der Waals surface area (Å²) < 4.78 is 31.9. The van der Waals surface area contributed by atoms with Crippen molar-refractivity contribution >= 4 is 11.4 Å². The summed E-state index contributed by atoms with van der Waals surface area (Å²) in [6, 6.07) is 3.80. The fraction of sp³-hybridized carbons (Fsp3) is 0.474. The van der Waals surface area contributed by atoms with Gasteiger partial charge in [0.1, 0.15) is 18.1 Å². The Kier molecular flexibility index (Phi) is 4.92. The number of hydrogen-bond acceptors (Lipinski definition) is 2. The van der Waals surface area contributed by atoms with Crippen molar-refractivity contribution in [3.8, 4) is 0 Å². The molecule has 1 saturated carbocycles. The van der Waals surface area contributed by atoms with Gasteiger partial charge in [-0.25, -0.2) is 8.78 Å². The third-order valence-corrected chi connectivity index (χ3v) is 4.68. The van der Waals surface area contributed by atoms with Gasteiger partial charge in [-0.3, -0.25) is 4.79 Å². The molecule has 2 nitrogen and oxygen atoms in total. The lowest BCUT2D eigenvalue weighted by Crippen LogP contribution is -2.24. The Hall–Kier alpha value is -1.93. The molecule has 23 heavy (non-hydrogen) atoms. The van der Waals surface area contributed by atoms with E-state index in [0.717, 1.165) is 43.4 Å². The van der Waals surface area contributed by atoms with E-state index in [0.29, 0.717) is 18.4 Å². The summed E-state index contributed by atoms with van der Waals surface area (Å²) in [4.78, 5) is 12.4. The van der Waals surface area contributed by atoms with Crippen molar-refractivity contribution in [2.24, 2.45) is 5.92 Å². The van der Waals surface area contributed by atoms with Gasteiger partial charge in [0.05, 0.1) is 0 Å². The van der Waals surface area contributed by atoms with Crippen LogP contribution in [-0.4, -0.2) is 11.9 Å². The molecule has 0 bridgehead atoms. The van der Waals surface area contributed by atoms with Crippen molar-refractivity contribution < 1.29 is 18.3 Å². The van der Waals surface area contributed by atoms with Gasteiger partial charge in [0, 0.05) is 24.3 Å². The lowest BCUT2D eigenvalue weighted by atomic mass is 9.83. The van der Waals surface area contributed by atoms with E-state index in [4.69, 9.17) is 4.74 Å². The Morgan fingerprint density at radius 3 is 2.70 bits per heavy atom. The number of carbonyl (C=O) groups excluding carboxylic acids is 1. The minimum absolute atomic E-state index is 0.161. The third-order valence-electron chi connectivity index (χ3n) is 4.68. The molecule has 1 aromatic rings. The molecule has 1 aliphatic heterocycles. The van der Waals surface area contributed by atoms with Crippen LogP contribution in [0.3, 0.4) is 0 Å². The molecule has 0 aromatic heterocycles. The summed E-state index contributed by atoms with van der Waals surface area (Å²) in [5.74, 6) is -1.32. The Bertz CT molecular complexity index is 653. The topological polar surface area (TPSA) is 26.3 Å². The number of rotatable bonds is 4. The molecule has 1 heterocycles. The van der Waals surface area contributed by atoms with Crippen molar-refractivity contribution in [2.45, 2.75) is 51.0 Å². The second-order valence-corrected chi connectivity index (χ2v) is 6.34. The Labute approximate surface area is 134 Å². The minimum atomic E-state index is -0.877. The lowest BCUT2D eigenvalue weighted by Gasteiger charge is -2.24. The zero-order valence-corrected chi connectivity index (χ0v) is 13.0. The zero-order chi connectivity index (χ0) is 16.2. The lowest BCUT2D eigenvalue weighted by molar-refractivity contribution is -0.125. The van der Waals surface area contributed by atoms with Crippen LogP contribution in [0.5, 0.6) is 0 Å². The molecule has 2 aliphatic rings. The monoisotopic (exact) mass is 318 g/mol. The van der Waals surface area contributed by atoms with Crippen molar-refractivity contribution in [2.75, 3.05) is 0 Å². The predicted molar refractivity (Wildman–Crippen MR) is 83.5 cm³/mol. The first kappa shape index (κ1) is 15.9. The molecule has 3 rings (SSSR count). The number of Topliss-reactive ketones (excluding diaryl/α,β-unsaturated/α-hetero) is 1. The van der Waals surface area contributed by atoms with Gasteiger partial charge in [-0.1, -0.05) is 31.1 Å². The first-order chi connectivity index (χ1) is 11.1. The molecular formula is C19H20F2O2. The summed E-state index contributed by atoms with van der Waals surface area (Å²) in [5, 5.41) is 0. The van der Waals surface area contributed by atoms with E-state index in [-0.39, 0.29) is 17.8 Å². The minimum Gasteiger partial charge on any atom is -0.489 e. The number of ether oxygens (including phenoxy) is 1. The van der Waals surface area contributed by atoms with Crippen LogP contribution in [0, 0.1) is 17.6 Å². The number of benzene rings is 1. The summed E-state index contributed by atoms with van der Waals surface area (Å²) >= 11 is 0. The van der Waals surface area contributed by atoms with Crippen LogP contribution in [0.1, 0.15) is 50.5 Å². The van der Waals surface area contributed by atoms with Crippen molar-refractivity contribution in [3.05, 3.63) is 47.4 Å². The van der Waals surface area contributed by atoms with Crippen LogP contribution >= 0.6 is 0 Å². The van der Waals surface area contributed by atoms with E-state index in [1.165, 1.54) is 18.7 Å². The molecule has 1 atom stereocenters. The molecular weight excluding hydrogens is 298 g/mol. The van der Waals surface area contributed by atoms with Crippen LogP contribution < -0.4 is 0 Å². The largest absolute Gasteiger partial charge is 0.489 e. The second kappa shape index (κ2) is 7.10. The molecule has 1 aromatic carbocycles. The zero-order valence-electron chi connectivity index (χ0n) is 13.0. The molecule has 1 fully saturated rings. The number of ketones is 1. The molecule has 4 heteroatoms. The normalized spacial score (nSPS) is 21.7. The maximum Gasteiger partial charge on any atom is 0.159 e. The van der Waals surface area contributed by atoms with Gasteiger partial charge >= 0.3 is 0 Å². The van der Waals surface area contributed by atoms with Gasteiger partial charge in [-0.2, -0.15) is 0 Å². The van der Waals surface area contributed by atoms with Gasteiger partial charge in [-0.15, -0.1) is 0 Å². The van der Waals surface area contributed by atoms with E-state index >= 15 is 0 Å². The number of hydrogen-bond donors (Lipinski definition) is 0. The van der Waals surface area contributed by atoms with Gasteiger partial charge in [0.2, 0.25) is 0 Å². The molecule has 122 valence electrons. The average molecular weight is 318 g/mol. The Morgan fingerprint density at radius 2 is 1.96 bits per heavy atom. The van der Waals surface area contributed by atoms with Crippen LogP contribution in [0.4, 0.5) is 8.78 Å². The van der Waals surface area contributed by atoms with Gasteiger partial charge in [0.25, 0.3) is 0 Å². The fourth-order valence-electron chi connectivity index (χ4n) is 3.36. The van der Waals surface area contributed by atoms with Crippen LogP contribution in [0.2, 0.25) is 0 Å².